The lowest BCUT2D eigenvalue weighted by molar-refractivity contribution is -0.0447. The highest BCUT2D eigenvalue weighted by Gasteiger charge is 2.37. The minimum atomic E-state index is -2.66. The summed E-state index contributed by atoms with van der Waals surface area (Å²) in [6.07, 6.45) is 1.14. The predicted octanol–water partition coefficient (Wildman–Crippen LogP) is 1.86. The second kappa shape index (κ2) is 4.61. The maximum atomic E-state index is 13.2. The summed E-state index contributed by atoms with van der Waals surface area (Å²) in [6.45, 7) is 0. The van der Waals surface area contributed by atoms with Crippen molar-refractivity contribution in [2.45, 2.75) is 37.6 Å². The highest BCUT2D eigenvalue weighted by molar-refractivity contribution is 6.04. The molecule has 3 N–H and O–H groups in total. The summed E-state index contributed by atoms with van der Waals surface area (Å²) in [4.78, 5) is 19.0. The quantitative estimate of drug-likeness (QED) is 0.876. The van der Waals surface area contributed by atoms with E-state index < -0.39 is 11.9 Å². The van der Waals surface area contributed by atoms with Crippen LogP contribution in [0, 0.1) is 0 Å². The molecule has 9 heteroatoms. The molecule has 0 aromatic carbocycles. The first-order valence-corrected chi connectivity index (χ1v) is 6.49. The van der Waals surface area contributed by atoms with Gasteiger partial charge in [-0.25, -0.2) is 28.2 Å². The van der Waals surface area contributed by atoms with Gasteiger partial charge in [-0.05, 0) is 12.8 Å². The Bertz CT molecular complexity index is 705. The average molecular weight is 297 g/mol. The van der Waals surface area contributed by atoms with Crippen LogP contribution in [0.25, 0.3) is 11.0 Å². The second-order valence-corrected chi connectivity index (χ2v) is 5.14. The van der Waals surface area contributed by atoms with Crippen LogP contribution in [-0.2, 0) is 0 Å². The third-order valence-electron chi connectivity index (χ3n) is 3.75. The molecule has 0 saturated heterocycles. The smallest absolute Gasteiger partial charge is 0.357 e. The Balaban J connectivity index is 2.08. The van der Waals surface area contributed by atoms with Gasteiger partial charge in [-0.1, -0.05) is 0 Å². The van der Waals surface area contributed by atoms with Gasteiger partial charge in [-0.3, -0.25) is 0 Å². The molecule has 0 unspecified atom stereocenters. The maximum Gasteiger partial charge on any atom is 0.357 e. The Hall–Kier alpha value is -2.32. The van der Waals surface area contributed by atoms with Crippen LogP contribution in [-0.4, -0.2) is 36.7 Å². The molecule has 0 radical (unpaired) electrons. The Kier molecular flexibility index (Phi) is 2.99. The molecule has 7 nitrogen and oxygen atoms in total. The molecule has 0 aliphatic heterocycles. The standard InChI is InChI=1S/C12H13F2N5O2/c13-12(14)3-1-6(2-4-12)19-10-7(8(18-19)11(20)21)9(15)16-5-17-10/h5-6H,1-4H2,(H,20,21)(H2,15,16,17). The van der Waals surface area contributed by atoms with Gasteiger partial charge in [-0.15, -0.1) is 0 Å². The maximum absolute atomic E-state index is 13.2. The van der Waals surface area contributed by atoms with E-state index in [1.165, 1.54) is 11.0 Å². The molecule has 2 aromatic heterocycles. The van der Waals surface area contributed by atoms with Crippen molar-refractivity contribution >= 4 is 22.8 Å². The van der Waals surface area contributed by atoms with Crippen molar-refractivity contribution in [3.8, 4) is 0 Å². The van der Waals surface area contributed by atoms with E-state index >= 15 is 0 Å². The zero-order valence-electron chi connectivity index (χ0n) is 11.0. The highest BCUT2D eigenvalue weighted by Crippen LogP contribution is 2.39. The number of carboxylic acid groups (broad SMARTS) is 1. The van der Waals surface area contributed by atoms with Crippen molar-refractivity contribution in [2.75, 3.05) is 5.73 Å². The molecule has 0 amide bonds. The molecule has 1 aliphatic carbocycles. The van der Waals surface area contributed by atoms with Crippen LogP contribution >= 0.6 is 0 Å². The molecule has 3 rings (SSSR count). The first kappa shape index (κ1) is 13.7. The van der Waals surface area contributed by atoms with E-state index in [9.17, 15) is 18.7 Å². The molecule has 21 heavy (non-hydrogen) atoms. The SMILES string of the molecule is Nc1ncnc2c1c(C(=O)O)nn2C1CCC(F)(F)CC1. The van der Waals surface area contributed by atoms with Gasteiger partial charge < -0.3 is 10.8 Å². The summed E-state index contributed by atoms with van der Waals surface area (Å²) in [5.41, 5.74) is 5.72. The largest absolute Gasteiger partial charge is 0.476 e. The summed E-state index contributed by atoms with van der Waals surface area (Å²) >= 11 is 0. The predicted molar refractivity (Wildman–Crippen MR) is 69.1 cm³/mol. The molecule has 1 aliphatic rings. The molecular formula is C12H13F2N5O2. The van der Waals surface area contributed by atoms with Crippen LogP contribution in [0.4, 0.5) is 14.6 Å². The number of aromatic carboxylic acids is 1. The molecular weight excluding hydrogens is 284 g/mol. The fourth-order valence-electron chi connectivity index (χ4n) is 2.67. The van der Waals surface area contributed by atoms with E-state index in [0.717, 1.165) is 0 Å². The number of fused-ring (bicyclic) bond motifs is 1. The van der Waals surface area contributed by atoms with Crippen molar-refractivity contribution in [1.82, 2.24) is 19.7 Å². The molecule has 0 atom stereocenters. The van der Waals surface area contributed by atoms with E-state index in [1.54, 1.807) is 0 Å². The molecule has 2 aromatic rings. The van der Waals surface area contributed by atoms with E-state index in [-0.39, 0.29) is 54.3 Å². The third kappa shape index (κ3) is 2.28. The average Bonchev–Trinajstić information content (AvgIpc) is 2.80. The molecule has 1 fully saturated rings. The number of halogens is 2. The number of anilines is 1. The van der Waals surface area contributed by atoms with E-state index in [1.807, 2.05) is 0 Å². The van der Waals surface area contributed by atoms with Crippen molar-refractivity contribution in [3.05, 3.63) is 12.0 Å². The van der Waals surface area contributed by atoms with Crippen LogP contribution in [0.2, 0.25) is 0 Å². The van der Waals surface area contributed by atoms with Crippen molar-refractivity contribution in [1.29, 1.82) is 0 Å². The molecule has 1 saturated carbocycles. The van der Waals surface area contributed by atoms with Gasteiger partial charge in [0, 0.05) is 12.8 Å². The number of hydrogen-bond donors (Lipinski definition) is 2. The number of carboxylic acids is 1. The summed E-state index contributed by atoms with van der Waals surface area (Å²) < 4.78 is 27.9. The topological polar surface area (TPSA) is 107 Å². The van der Waals surface area contributed by atoms with Crippen LogP contribution in [0.1, 0.15) is 42.2 Å². The summed E-state index contributed by atoms with van der Waals surface area (Å²) in [6, 6.07) is -0.311. The van der Waals surface area contributed by atoms with Gasteiger partial charge >= 0.3 is 5.97 Å². The minimum Gasteiger partial charge on any atom is -0.476 e. The lowest BCUT2D eigenvalue weighted by Crippen LogP contribution is -2.27. The van der Waals surface area contributed by atoms with Gasteiger partial charge in [0.15, 0.2) is 11.3 Å². The molecule has 0 bridgehead atoms. The number of alkyl halides is 2. The second-order valence-electron chi connectivity index (χ2n) is 5.14. The first-order chi connectivity index (χ1) is 9.89. The molecule has 112 valence electrons. The summed E-state index contributed by atoms with van der Waals surface area (Å²) in [7, 11) is 0. The van der Waals surface area contributed by atoms with Crippen LogP contribution in [0.15, 0.2) is 6.33 Å². The number of nitrogen functional groups attached to an aromatic ring is 1. The van der Waals surface area contributed by atoms with E-state index in [2.05, 4.69) is 15.1 Å². The number of hydrogen-bond acceptors (Lipinski definition) is 5. The van der Waals surface area contributed by atoms with Gasteiger partial charge in [0.25, 0.3) is 0 Å². The zero-order chi connectivity index (χ0) is 15.2. The van der Waals surface area contributed by atoms with E-state index in [0.29, 0.717) is 0 Å². The normalized spacial score (nSPS) is 19.0. The van der Waals surface area contributed by atoms with Crippen LogP contribution in [0.5, 0.6) is 0 Å². The minimum absolute atomic E-state index is 0.0183. The van der Waals surface area contributed by atoms with Crippen LogP contribution < -0.4 is 5.73 Å². The van der Waals surface area contributed by atoms with E-state index in [4.69, 9.17) is 5.73 Å². The highest BCUT2D eigenvalue weighted by atomic mass is 19.3. The van der Waals surface area contributed by atoms with Gasteiger partial charge in [0.2, 0.25) is 5.92 Å². The van der Waals surface area contributed by atoms with Gasteiger partial charge in [0.1, 0.15) is 12.1 Å². The number of aromatic nitrogens is 4. The lowest BCUT2D eigenvalue weighted by atomic mass is 9.92. The Morgan fingerprint density at radius 2 is 2.05 bits per heavy atom. The number of carbonyl (C=O) groups is 1. The zero-order valence-corrected chi connectivity index (χ0v) is 11.0. The molecule has 0 spiro atoms. The van der Waals surface area contributed by atoms with Crippen molar-refractivity contribution in [2.24, 2.45) is 0 Å². The number of nitrogens with two attached hydrogens (primary N) is 1. The van der Waals surface area contributed by atoms with Crippen molar-refractivity contribution < 1.29 is 18.7 Å². The summed E-state index contributed by atoms with van der Waals surface area (Å²) in [5.74, 6) is -3.89. The third-order valence-corrected chi connectivity index (χ3v) is 3.75. The molecule has 2 heterocycles. The Labute approximate surface area is 117 Å². The van der Waals surface area contributed by atoms with Crippen molar-refractivity contribution in [3.63, 3.8) is 0 Å². The monoisotopic (exact) mass is 297 g/mol. The number of nitrogens with zero attached hydrogens (tertiary/aromatic N) is 4. The first-order valence-electron chi connectivity index (χ1n) is 6.49. The Morgan fingerprint density at radius 3 is 2.67 bits per heavy atom. The lowest BCUT2D eigenvalue weighted by Gasteiger charge is -2.28. The Morgan fingerprint density at radius 1 is 1.38 bits per heavy atom. The fourth-order valence-corrected chi connectivity index (χ4v) is 2.67. The summed E-state index contributed by atoms with van der Waals surface area (Å²) in [5, 5.41) is 13.4. The fraction of sp³-hybridized carbons (Fsp3) is 0.500. The number of rotatable bonds is 2. The van der Waals surface area contributed by atoms with Gasteiger partial charge in [0.05, 0.1) is 11.4 Å². The van der Waals surface area contributed by atoms with Gasteiger partial charge in [-0.2, -0.15) is 5.10 Å². The van der Waals surface area contributed by atoms with Crippen LogP contribution in [0.3, 0.4) is 0 Å².